The second kappa shape index (κ2) is 10.0. The maximum absolute atomic E-state index is 13.0. The largest absolute Gasteiger partial charge is 0.348 e. The molecule has 1 heterocycles. The van der Waals surface area contributed by atoms with Gasteiger partial charge in [-0.05, 0) is 108 Å². The van der Waals surface area contributed by atoms with E-state index in [0.717, 1.165) is 28.8 Å². The molecular weight excluding hydrogens is 410 g/mol. The number of carbonyl (C=O) groups excluding carboxylic acids is 1. The Labute approximate surface area is 190 Å². The summed E-state index contributed by atoms with van der Waals surface area (Å²) in [6, 6.07) is 6.31. The lowest BCUT2D eigenvalue weighted by atomic mass is 9.81. The van der Waals surface area contributed by atoms with Crippen molar-refractivity contribution in [1.29, 1.82) is 0 Å². The van der Waals surface area contributed by atoms with Crippen molar-refractivity contribution in [2.24, 2.45) is 5.92 Å². The quantitative estimate of drug-likeness (QED) is 0.688. The lowest BCUT2D eigenvalue weighted by Gasteiger charge is -2.33. The van der Waals surface area contributed by atoms with E-state index in [1.165, 1.54) is 25.7 Å². The van der Waals surface area contributed by atoms with Gasteiger partial charge in [0.15, 0.2) is 0 Å². The highest BCUT2D eigenvalue weighted by Crippen LogP contribution is 2.31. The van der Waals surface area contributed by atoms with Crippen LogP contribution in [-0.4, -0.2) is 35.9 Å². The summed E-state index contributed by atoms with van der Waals surface area (Å²) in [5.41, 5.74) is 4.82. The summed E-state index contributed by atoms with van der Waals surface area (Å²) in [4.78, 5) is 30.3. The van der Waals surface area contributed by atoms with E-state index in [-0.39, 0.29) is 18.0 Å². The molecule has 2 N–H and O–H groups in total. The number of H-pyrrole nitrogens is 1. The van der Waals surface area contributed by atoms with Crippen LogP contribution in [0.5, 0.6) is 0 Å². The zero-order valence-electron chi connectivity index (χ0n) is 19.3. The van der Waals surface area contributed by atoms with Crippen molar-refractivity contribution >= 4 is 17.5 Å². The molecule has 1 amide bonds. The maximum atomic E-state index is 13.0. The van der Waals surface area contributed by atoms with Gasteiger partial charge in [-0.1, -0.05) is 11.6 Å². The van der Waals surface area contributed by atoms with E-state index in [4.69, 9.17) is 11.6 Å². The summed E-state index contributed by atoms with van der Waals surface area (Å²) in [5, 5.41) is 3.49. The molecule has 1 saturated carbocycles. The van der Waals surface area contributed by atoms with Crippen LogP contribution in [0.2, 0.25) is 5.02 Å². The van der Waals surface area contributed by atoms with Crippen LogP contribution in [0.3, 0.4) is 0 Å². The van der Waals surface area contributed by atoms with Gasteiger partial charge in [-0.15, -0.1) is 0 Å². The molecule has 1 aromatic carbocycles. The fourth-order valence-electron chi connectivity index (χ4n) is 4.72. The van der Waals surface area contributed by atoms with Gasteiger partial charge in [0.05, 0.1) is 0 Å². The van der Waals surface area contributed by atoms with E-state index < -0.39 is 0 Å². The summed E-state index contributed by atoms with van der Waals surface area (Å²) in [5.74, 6) is 0.426. The van der Waals surface area contributed by atoms with Crippen molar-refractivity contribution in [3.05, 3.63) is 67.1 Å². The van der Waals surface area contributed by atoms with E-state index >= 15 is 0 Å². The normalized spacial score (nSPS) is 18.9. The predicted molar refractivity (Wildman–Crippen MR) is 127 cm³/mol. The van der Waals surface area contributed by atoms with Crippen molar-refractivity contribution in [3.63, 3.8) is 0 Å². The lowest BCUT2D eigenvalue weighted by Crippen LogP contribution is -2.32. The Kier molecular flexibility index (Phi) is 7.60. The minimum absolute atomic E-state index is 0.158. The van der Waals surface area contributed by atoms with Crippen molar-refractivity contribution in [3.8, 4) is 0 Å². The van der Waals surface area contributed by atoms with Gasteiger partial charge in [0.1, 0.15) is 0 Å². The Hall–Kier alpha value is -2.11. The molecule has 5 nitrogen and oxygen atoms in total. The van der Waals surface area contributed by atoms with Crippen LogP contribution in [0.1, 0.15) is 64.0 Å². The molecule has 1 aromatic heterocycles. The number of carbonyl (C=O) groups is 1. The molecule has 0 bridgehead atoms. The number of pyridine rings is 1. The van der Waals surface area contributed by atoms with Gasteiger partial charge in [-0.2, -0.15) is 0 Å². The maximum Gasteiger partial charge on any atom is 0.253 e. The van der Waals surface area contributed by atoms with Crippen LogP contribution < -0.4 is 10.9 Å². The summed E-state index contributed by atoms with van der Waals surface area (Å²) in [6.45, 7) is 5.92. The number of hydrogen-bond acceptors (Lipinski definition) is 3. The van der Waals surface area contributed by atoms with Gasteiger partial charge in [0.2, 0.25) is 0 Å². The minimum Gasteiger partial charge on any atom is -0.348 e. The van der Waals surface area contributed by atoms with E-state index in [9.17, 15) is 9.59 Å². The Balaban J connectivity index is 1.71. The predicted octanol–water partition coefficient (Wildman–Crippen LogP) is 4.55. The molecule has 3 rings (SSSR count). The average Bonchev–Trinajstić information content (AvgIpc) is 2.69. The first kappa shape index (κ1) is 23.6. The van der Waals surface area contributed by atoms with E-state index in [1.54, 1.807) is 6.07 Å². The molecule has 0 spiro atoms. The smallest absolute Gasteiger partial charge is 0.253 e. The molecule has 1 aliphatic rings. The standard InChI is InChI=1S/C25H34ClN3O2/c1-15-10-16(2)28-25(31)23(15)14-27-24(30)22-13-20(26)12-19(17(22)3)11-18-6-8-21(9-7-18)29(4)5/h10,12-13,18,21H,6-9,11,14H2,1-5H3,(H,27,30)(H,28,31). The zero-order valence-corrected chi connectivity index (χ0v) is 20.0. The molecule has 0 saturated heterocycles. The number of rotatable bonds is 6. The van der Waals surface area contributed by atoms with Gasteiger partial charge in [-0.25, -0.2) is 0 Å². The third-order valence-corrected chi connectivity index (χ3v) is 6.92. The summed E-state index contributed by atoms with van der Waals surface area (Å²) < 4.78 is 0. The summed E-state index contributed by atoms with van der Waals surface area (Å²) in [6.07, 6.45) is 5.78. The fraction of sp³-hybridized carbons (Fsp3) is 0.520. The molecule has 0 unspecified atom stereocenters. The van der Waals surface area contributed by atoms with Crippen LogP contribution in [0.15, 0.2) is 23.0 Å². The van der Waals surface area contributed by atoms with Crippen LogP contribution in [0.4, 0.5) is 0 Å². The van der Waals surface area contributed by atoms with E-state index in [1.807, 2.05) is 32.9 Å². The third-order valence-electron chi connectivity index (χ3n) is 6.70. The van der Waals surface area contributed by atoms with Crippen LogP contribution in [0, 0.1) is 26.7 Å². The van der Waals surface area contributed by atoms with Gasteiger partial charge in [0.25, 0.3) is 11.5 Å². The van der Waals surface area contributed by atoms with E-state index in [0.29, 0.717) is 28.1 Å². The van der Waals surface area contributed by atoms with E-state index in [2.05, 4.69) is 29.3 Å². The number of aromatic nitrogens is 1. The van der Waals surface area contributed by atoms with Gasteiger partial charge < -0.3 is 15.2 Å². The number of nitrogens with one attached hydrogen (secondary N) is 2. The SMILES string of the molecule is Cc1cc(C)c(CNC(=O)c2cc(Cl)cc(CC3CCC(N(C)C)CC3)c2C)c(=O)[nH]1. The number of nitrogens with zero attached hydrogens (tertiary/aromatic N) is 1. The first-order valence-corrected chi connectivity index (χ1v) is 11.5. The Bertz CT molecular complexity index is 1000. The highest BCUT2D eigenvalue weighted by molar-refractivity contribution is 6.31. The first-order chi connectivity index (χ1) is 14.7. The van der Waals surface area contributed by atoms with Crippen molar-refractivity contribution < 1.29 is 4.79 Å². The summed E-state index contributed by atoms with van der Waals surface area (Å²) in [7, 11) is 4.31. The van der Waals surface area contributed by atoms with Gasteiger partial charge in [0, 0.05) is 34.4 Å². The highest BCUT2D eigenvalue weighted by Gasteiger charge is 2.24. The monoisotopic (exact) mass is 443 g/mol. The molecule has 0 aliphatic heterocycles. The minimum atomic E-state index is -0.197. The molecule has 1 fully saturated rings. The molecule has 31 heavy (non-hydrogen) atoms. The molecule has 168 valence electrons. The Morgan fingerprint density at radius 3 is 2.42 bits per heavy atom. The van der Waals surface area contributed by atoms with Gasteiger partial charge in [-0.3, -0.25) is 9.59 Å². The number of benzene rings is 1. The Morgan fingerprint density at radius 1 is 1.13 bits per heavy atom. The van der Waals surface area contributed by atoms with Crippen molar-refractivity contribution in [2.75, 3.05) is 14.1 Å². The van der Waals surface area contributed by atoms with Crippen LogP contribution in [0.25, 0.3) is 0 Å². The van der Waals surface area contributed by atoms with Crippen LogP contribution in [-0.2, 0) is 13.0 Å². The second-order valence-corrected chi connectivity index (χ2v) is 9.64. The molecule has 0 radical (unpaired) electrons. The van der Waals surface area contributed by atoms with Crippen molar-refractivity contribution in [1.82, 2.24) is 15.2 Å². The number of hydrogen-bond donors (Lipinski definition) is 2. The summed E-state index contributed by atoms with van der Waals surface area (Å²) >= 11 is 6.39. The number of aromatic amines is 1. The number of amides is 1. The molecule has 0 atom stereocenters. The topological polar surface area (TPSA) is 65.2 Å². The fourth-order valence-corrected chi connectivity index (χ4v) is 4.97. The zero-order chi connectivity index (χ0) is 22.7. The lowest BCUT2D eigenvalue weighted by molar-refractivity contribution is 0.0950. The number of aryl methyl sites for hydroxylation is 2. The highest BCUT2D eigenvalue weighted by atomic mass is 35.5. The molecule has 1 aliphatic carbocycles. The third kappa shape index (κ3) is 5.78. The molecular formula is C25H34ClN3O2. The molecule has 2 aromatic rings. The first-order valence-electron chi connectivity index (χ1n) is 11.1. The average molecular weight is 444 g/mol. The Morgan fingerprint density at radius 2 is 1.81 bits per heavy atom. The van der Waals surface area contributed by atoms with Crippen LogP contribution >= 0.6 is 11.6 Å². The molecule has 6 heteroatoms. The number of halogens is 1. The van der Waals surface area contributed by atoms with Gasteiger partial charge >= 0.3 is 0 Å². The van der Waals surface area contributed by atoms with Crippen molar-refractivity contribution in [2.45, 2.75) is 65.5 Å². The second-order valence-electron chi connectivity index (χ2n) is 9.21.